The van der Waals surface area contributed by atoms with Crippen LogP contribution < -0.4 is 4.74 Å². The van der Waals surface area contributed by atoms with Gasteiger partial charge in [-0.1, -0.05) is 36.2 Å². The number of ether oxygens (including phenoxy) is 2. The summed E-state index contributed by atoms with van der Waals surface area (Å²) in [6.45, 7) is 5.67. The van der Waals surface area contributed by atoms with Gasteiger partial charge < -0.3 is 19.3 Å². The van der Waals surface area contributed by atoms with Gasteiger partial charge >= 0.3 is 0 Å². The topological polar surface area (TPSA) is 59.1 Å². The minimum atomic E-state index is 0.0178. The number of carbonyl (C=O) groups excluding carboxylic acids is 2. The van der Waals surface area contributed by atoms with E-state index in [4.69, 9.17) is 9.47 Å². The summed E-state index contributed by atoms with van der Waals surface area (Å²) in [5.41, 5.74) is 2.46. The monoisotopic (exact) mass is 464 g/mol. The SMILES string of the molecule is COCC12CCCCN(C(=O)c3cccc(C)c3)CCOc3ccccc3C(=O)N(CC1)CC2. The molecule has 0 aromatic heterocycles. The molecular formula is C28H36N2O4. The number of hydrogen-bond acceptors (Lipinski definition) is 4. The lowest BCUT2D eigenvalue weighted by Gasteiger charge is -2.41. The summed E-state index contributed by atoms with van der Waals surface area (Å²) in [5, 5.41) is 0. The number of hydrogen-bond donors (Lipinski definition) is 0. The van der Waals surface area contributed by atoms with E-state index in [0.29, 0.717) is 43.2 Å². The van der Waals surface area contributed by atoms with Gasteiger partial charge in [-0.15, -0.1) is 0 Å². The fraction of sp³-hybridized carbons (Fsp3) is 0.500. The first-order valence-corrected chi connectivity index (χ1v) is 12.4. The van der Waals surface area contributed by atoms with E-state index < -0.39 is 0 Å². The predicted octanol–water partition coefficient (Wildman–Crippen LogP) is 4.57. The number of piperidine rings is 1. The maximum absolute atomic E-state index is 13.3. The molecule has 6 heteroatoms. The number of nitrogens with zero attached hydrogens (tertiary/aromatic N) is 2. The molecule has 2 aromatic rings. The van der Waals surface area contributed by atoms with Crippen LogP contribution in [0.1, 0.15) is 58.4 Å². The maximum atomic E-state index is 13.3. The molecule has 0 spiro atoms. The zero-order valence-corrected chi connectivity index (χ0v) is 20.4. The largest absolute Gasteiger partial charge is 0.491 e. The third kappa shape index (κ3) is 5.61. The Balaban J connectivity index is 1.58. The van der Waals surface area contributed by atoms with Crippen LogP contribution in [0, 0.1) is 12.3 Å². The van der Waals surface area contributed by atoms with Gasteiger partial charge in [-0.05, 0) is 62.3 Å². The molecule has 3 heterocycles. The van der Waals surface area contributed by atoms with Crippen molar-refractivity contribution in [3.05, 3.63) is 65.2 Å². The highest BCUT2D eigenvalue weighted by Crippen LogP contribution is 2.38. The van der Waals surface area contributed by atoms with E-state index in [2.05, 4.69) is 0 Å². The minimum Gasteiger partial charge on any atom is -0.491 e. The van der Waals surface area contributed by atoms with E-state index in [0.717, 1.165) is 50.8 Å². The zero-order chi connectivity index (χ0) is 24.0. The smallest absolute Gasteiger partial charge is 0.257 e. The van der Waals surface area contributed by atoms with Crippen molar-refractivity contribution in [3.63, 3.8) is 0 Å². The van der Waals surface area contributed by atoms with Crippen molar-refractivity contribution >= 4 is 11.8 Å². The molecular weight excluding hydrogens is 428 g/mol. The van der Waals surface area contributed by atoms with Gasteiger partial charge in [0.25, 0.3) is 11.8 Å². The van der Waals surface area contributed by atoms with Crippen LogP contribution in [0.15, 0.2) is 48.5 Å². The van der Waals surface area contributed by atoms with Crippen molar-refractivity contribution in [1.29, 1.82) is 0 Å². The van der Waals surface area contributed by atoms with Crippen LogP contribution in [0.4, 0.5) is 0 Å². The molecule has 34 heavy (non-hydrogen) atoms. The first kappa shape index (κ1) is 24.3. The molecule has 0 aliphatic carbocycles. The van der Waals surface area contributed by atoms with Crippen LogP contribution in [0.2, 0.25) is 0 Å². The minimum absolute atomic E-state index is 0.0178. The van der Waals surface area contributed by atoms with Crippen molar-refractivity contribution in [2.24, 2.45) is 5.41 Å². The summed E-state index contributed by atoms with van der Waals surface area (Å²) < 4.78 is 11.7. The van der Waals surface area contributed by atoms with Gasteiger partial charge in [0.2, 0.25) is 0 Å². The number of benzene rings is 2. The lowest BCUT2D eigenvalue weighted by atomic mass is 9.75. The molecule has 2 amide bonds. The highest BCUT2D eigenvalue weighted by Gasteiger charge is 2.36. The molecule has 3 aliphatic heterocycles. The van der Waals surface area contributed by atoms with Crippen LogP contribution in [0.5, 0.6) is 5.75 Å². The number of carbonyl (C=O) groups is 2. The summed E-state index contributed by atoms with van der Waals surface area (Å²) in [5.74, 6) is 0.628. The second-order valence-electron chi connectivity index (χ2n) is 9.69. The van der Waals surface area contributed by atoms with Crippen LogP contribution >= 0.6 is 0 Å². The van der Waals surface area contributed by atoms with Crippen molar-refractivity contribution in [2.45, 2.75) is 39.0 Å². The van der Waals surface area contributed by atoms with Gasteiger partial charge in [-0.3, -0.25) is 9.59 Å². The molecule has 0 radical (unpaired) electrons. The Kier molecular flexibility index (Phi) is 7.88. The quantitative estimate of drug-likeness (QED) is 0.668. The molecule has 0 atom stereocenters. The summed E-state index contributed by atoms with van der Waals surface area (Å²) >= 11 is 0. The number of rotatable bonds is 3. The van der Waals surface area contributed by atoms with Crippen LogP contribution in [-0.2, 0) is 4.74 Å². The van der Waals surface area contributed by atoms with E-state index in [-0.39, 0.29) is 17.2 Å². The number of aryl methyl sites for hydroxylation is 1. The van der Waals surface area contributed by atoms with E-state index in [1.165, 1.54) is 0 Å². The second-order valence-corrected chi connectivity index (χ2v) is 9.69. The van der Waals surface area contributed by atoms with Crippen molar-refractivity contribution in [1.82, 2.24) is 9.80 Å². The normalized spacial score (nSPS) is 19.1. The fourth-order valence-electron chi connectivity index (χ4n) is 5.24. The summed E-state index contributed by atoms with van der Waals surface area (Å²) in [4.78, 5) is 30.5. The number of para-hydroxylation sites is 1. The Labute approximate surface area is 202 Å². The highest BCUT2D eigenvalue weighted by molar-refractivity contribution is 5.97. The molecule has 1 fully saturated rings. The van der Waals surface area contributed by atoms with Crippen LogP contribution in [-0.4, -0.2) is 68.1 Å². The van der Waals surface area contributed by atoms with Crippen molar-refractivity contribution in [2.75, 3.05) is 46.5 Å². The van der Waals surface area contributed by atoms with Gasteiger partial charge in [0, 0.05) is 32.3 Å². The molecule has 1 saturated heterocycles. The van der Waals surface area contributed by atoms with E-state index in [1.807, 2.05) is 65.3 Å². The van der Waals surface area contributed by atoms with Gasteiger partial charge in [0.1, 0.15) is 12.4 Å². The lowest BCUT2D eigenvalue weighted by Crippen LogP contribution is -2.45. The van der Waals surface area contributed by atoms with E-state index in [9.17, 15) is 9.59 Å². The van der Waals surface area contributed by atoms with Crippen molar-refractivity contribution < 1.29 is 19.1 Å². The second kappa shape index (κ2) is 11.0. The van der Waals surface area contributed by atoms with E-state index in [1.54, 1.807) is 7.11 Å². The van der Waals surface area contributed by atoms with Crippen molar-refractivity contribution in [3.8, 4) is 5.75 Å². The predicted molar refractivity (Wildman–Crippen MR) is 132 cm³/mol. The molecule has 6 nitrogen and oxygen atoms in total. The van der Waals surface area contributed by atoms with Crippen LogP contribution in [0.25, 0.3) is 0 Å². The molecule has 182 valence electrons. The summed E-state index contributed by atoms with van der Waals surface area (Å²) in [6, 6.07) is 15.2. The number of fused-ring (bicyclic) bond motifs is 9. The molecule has 0 saturated carbocycles. The Morgan fingerprint density at radius 1 is 1.00 bits per heavy atom. The summed E-state index contributed by atoms with van der Waals surface area (Å²) in [6.07, 6.45) is 4.86. The molecule has 0 unspecified atom stereocenters. The van der Waals surface area contributed by atoms with E-state index >= 15 is 0 Å². The van der Waals surface area contributed by atoms with Gasteiger partial charge in [-0.2, -0.15) is 0 Å². The fourth-order valence-corrected chi connectivity index (χ4v) is 5.24. The Hall–Kier alpha value is -2.86. The maximum Gasteiger partial charge on any atom is 0.257 e. The third-order valence-electron chi connectivity index (χ3n) is 7.24. The zero-order valence-electron chi connectivity index (χ0n) is 20.4. The molecule has 2 aromatic carbocycles. The highest BCUT2D eigenvalue weighted by atomic mass is 16.5. The Morgan fingerprint density at radius 3 is 2.56 bits per heavy atom. The average Bonchev–Trinajstić information content (AvgIpc) is 2.86. The molecule has 3 aliphatic rings. The molecule has 2 bridgehead atoms. The first-order valence-electron chi connectivity index (χ1n) is 12.4. The Morgan fingerprint density at radius 2 is 1.79 bits per heavy atom. The van der Waals surface area contributed by atoms with Gasteiger partial charge in [0.15, 0.2) is 0 Å². The first-order chi connectivity index (χ1) is 16.5. The number of methoxy groups -OCH3 is 1. The Bertz CT molecular complexity index is 997. The third-order valence-corrected chi connectivity index (χ3v) is 7.24. The molecule has 0 N–H and O–H groups in total. The average molecular weight is 465 g/mol. The standard InChI is InChI=1S/C28H36N2O4/c1-22-8-7-9-23(20-22)26(31)29-15-6-5-12-28(21-33-2)13-16-30(17-14-28)27(32)24-10-3-4-11-25(24)34-19-18-29/h3-4,7-11,20H,5-6,12-19,21H2,1-2H3. The van der Waals surface area contributed by atoms with Crippen LogP contribution in [0.3, 0.4) is 0 Å². The number of amides is 2. The molecule has 5 rings (SSSR count). The van der Waals surface area contributed by atoms with Gasteiger partial charge in [-0.25, -0.2) is 0 Å². The lowest BCUT2D eigenvalue weighted by molar-refractivity contribution is 0.0136. The summed E-state index contributed by atoms with van der Waals surface area (Å²) in [7, 11) is 1.76. The van der Waals surface area contributed by atoms with Gasteiger partial charge in [0.05, 0.1) is 18.7 Å².